The molecule has 4 rings (SSSR count). The number of amides is 2. The van der Waals surface area contributed by atoms with E-state index in [0.29, 0.717) is 47.2 Å². The molecule has 2 N–H and O–H groups in total. The van der Waals surface area contributed by atoms with Gasteiger partial charge in [-0.25, -0.2) is 4.79 Å². The topological polar surface area (TPSA) is 108 Å². The molecule has 1 fully saturated rings. The molecule has 0 saturated carbocycles. The standard InChI is InChI=1S/C21H21ClN4O5/c1-12-11-25(7-8-26(12)14-4-5-15(22)17(10-14)30-2)20(28)19(27)23-13-3-6-16-18(9-13)31-21(29)24-16/h3-6,9-10,12H,7-8,11H2,1-2H3,(H,23,27)(H,24,29)/t12-/m1/s1. The van der Waals surface area contributed by atoms with E-state index in [0.717, 1.165) is 5.69 Å². The van der Waals surface area contributed by atoms with E-state index >= 15 is 0 Å². The van der Waals surface area contributed by atoms with Crippen LogP contribution in [0.1, 0.15) is 6.92 Å². The summed E-state index contributed by atoms with van der Waals surface area (Å²) in [5.74, 6) is -1.36. The Morgan fingerprint density at radius 1 is 1.23 bits per heavy atom. The molecule has 1 atom stereocenters. The summed E-state index contributed by atoms with van der Waals surface area (Å²) in [4.78, 5) is 42.6. The van der Waals surface area contributed by atoms with E-state index in [1.54, 1.807) is 25.3 Å². The number of carbonyl (C=O) groups is 2. The molecule has 1 aliphatic rings. The summed E-state index contributed by atoms with van der Waals surface area (Å²) in [6, 6.07) is 10.2. The van der Waals surface area contributed by atoms with Gasteiger partial charge in [0.15, 0.2) is 5.58 Å². The summed E-state index contributed by atoms with van der Waals surface area (Å²) in [7, 11) is 1.56. The SMILES string of the molecule is COc1cc(N2CCN(C(=O)C(=O)Nc3ccc4[nH]c(=O)oc4c3)C[C@H]2C)ccc1Cl. The van der Waals surface area contributed by atoms with Crippen molar-refractivity contribution in [3.05, 3.63) is 52.0 Å². The molecule has 3 aromatic rings. The number of carbonyl (C=O) groups excluding carboxylic acids is 2. The van der Waals surface area contributed by atoms with E-state index in [1.165, 1.54) is 11.0 Å². The van der Waals surface area contributed by atoms with Crippen molar-refractivity contribution in [2.75, 3.05) is 37.0 Å². The Morgan fingerprint density at radius 2 is 2.03 bits per heavy atom. The van der Waals surface area contributed by atoms with E-state index in [2.05, 4.69) is 15.2 Å². The molecule has 2 aromatic carbocycles. The van der Waals surface area contributed by atoms with Crippen molar-refractivity contribution in [2.24, 2.45) is 0 Å². The zero-order valence-corrected chi connectivity index (χ0v) is 17.7. The van der Waals surface area contributed by atoms with Gasteiger partial charge in [0, 0.05) is 49.2 Å². The van der Waals surface area contributed by atoms with Gasteiger partial charge < -0.3 is 24.3 Å². The third-order valence-electron chi connectivity index (χ3n) is 5.25. The highest BCUT2D eigenvalue weighted by Crippen LogP contribution is 2.31. The van der Waals surface area contributed by atoms with Gasteiger partial charge in [-0.15, -0.1) is 0 Å². The summed E-state index contributed by atoms with van der Waals surface area (Å²) in [6.07, 6.45) is 0. The van der Waals surface area contributed by atoms with Crippen LogP contribution in [0.4, 0.5) is 11.4 Å². The number of hydrogen-bond donors (Lipinski definition) is 2. The number of fused-ring (bicyclic) bond motifs is 1. The van der Waals surface area contributed by atoms with Crippen molar-refractivity contribution < 1.29 is 18.7 Å². The Labute approximate surface area is 182 Å². The number of halogens is 1. The molecule has 1 saturated heterocycles. The lowest BCUT2D eigenvalue weighted by Crippen LogP contribution is -2.55. The second-order valence-electron chi connectivity index (χ2n) is 7.29. The van der Waals surface area contributed by atoms with Gasteiger partial charge in [0.2, 0.25) is 0 Å². The van der Waals surface area contributed by atoms with E-state index < -0.39 is 17.6 Å². The number of benzene rings is 2. The maximum Gasteiger partial charge on any atom is 0.417 e. The van der Waals surface area contributed by atoms with Crippen molar-refractivity contribution in [3.8, 4) is 5.75 Å². The molecule has 1 aromatic heterocycles. The number of methoxy groups -OCH3 is 1. The molecular formula is C21H21ClN4O5. The summed E-state index contributed by atoms with van der Waals surface area (Å²) < 4.78 is 10.3. The van der Waals surface area contributed by atoms with E-state index in [4.69, 9.17) is 20.8 Å². The predicted molar refractivity (Wildman–Crippen MR) is 117 cm³/mol. The van der Waals surface area contributed by atoms with Gasteiger partial charge in [0.25, 0.3) is 0 Å². The molecule has 0 radical (unpaired) electrons. The van der Waals surface area contributed by atoms with Crippen LogP contribution in [0.15, 0.2) is 45.6 Å². The van der Waals surface area contributed by atoms with Crippen LogP contribution >= 0.6 is 11.6 Å². The number of aromatic amines is 1. The first kappa shape index (κ1) is 20.8. The highest BCUT2D eigenvalue weighted by Gasteiger charge is 2.30. The number of hydrogen-bond acceptors (Lipinski definition) is 6. The average molecular weight is 445 g/mol. The third-order valence-corrected chi connectivity index (χ3v) is 5.57. The third kappa shape index (κ3) is 4.22. The minimum Gasteiger partial charge on any atom is -0.495 e. The van der Waals surface area contributed by atoms with Gasteiger partial charge in [0.1, 0.15) is 5.75 Å². The van der Waals surface area contributed by atoms with Crippen molar-refractivity contribution >= 4 is 45.9 Å². The van der Waals surface area contributed by atoms with Crippen LogP contribution in [0, 0.1) is 0 Å². The van der Waals surface area contributed by atoms with Crippen LogP contribution in [0.2, 0.25) is 5.02 Å². The fourth-order valence-corrected chi connectivity index (χ4v) is 3.90. The van der Waals surface area contributed by atoms with Crippen LogP contribution in [0.25, 0.3) is 11.1 Å². The van der Waals surface area contributed by atoms with Crippen LogP contribution < -0.4 is 20.7 Å². The molecule has 0 bridgehead atoms. The lowest BCUT2D eigenvalue weighted by Gasteiger charge is -2.41. The van der Waals surface area contributed by atoms with Crippen LogP contribution in [-0.4, -0.2) is 54.5 Å². The minimum atomic E-state index is -0.744. The fourth-order valence-electron chi connectivity index (χ4n) is 3.70. The Hall–Kier alpha value is -3.46. The number of rotatable bonds is 3. The van der Waals surface area contributed by atoms with Crippen LogP contribution in [0.3, 0.4) is 0 Å². The zero-order chi connectivity index (χ0) is 22.1. The number of nitrogens with one attached hydrogen (secondary N) is 2. The van der Waals surface area contributed by atoms with Gasteiger partial charge in [-0.3, -0.25) is 14.6 Å². The van der Waals surface area contributed by atoms with Crippen LogP contribution in [-0.2, 0) is 9.59 Å². The van der Waals surface area contributed by atoms with Gasteiger partial charge in [-0.1, -0.05) is 11.6 Å². The first-order valence-electron chi connectivity index (χ1n) is 9.69. The highest BCUT2D eigenvalue weighted by molar-refractivity contribution is 6.39. The first-order chi connectivity index (χ1) is 14.9. The van der Waals surface area contributed by atoms with Crippen molar-refractivity contribution in [1.82, 2.24) is 9.88 Å². The molecule has 2 heterocycles. The Bertz CT molecular complexity index is 1200. The van der Waals surface area contributed by atoms with Crippen molar-refractivity contribution in [3.63, 3.8) is 0 Å². The van der Waals surface area contributed by atoms with E-state index in [9.17, 15) is 14.4 Å². The molecular weight excluding hydrogens is 424 g/mol. The number of piperazine rings is 1. The quantitative estimate of drug-likeness (QED) is 0.601. The Morgan fingerprint density at radius 3 is 2.77 bits per heavy atom. The predicted octanol–water partition coefficient (Wildman–Crippen LogP) is 2.46. The number of oxazole rings is 1. The van der Waals surface area contributed by atoms with Crippen molar-refractivity contribution in [1.29, 1.82) is 0 Å². The normalized spacial score (nSPS) is 16.4. The maximum absolute atomic E-state index is 12.7. The monoisotopic (exact) mass is 444 g/mol. The lowest BCUT2D eigenvalue weighted by molar-refractivity contribution is -0.143. The summed E-state index contributed by atoms with van der Waals surface area (Å²) >= 11 is 6.11. The number of nitrogens with zero attached hydrogens (tertiary/aromatic N) is 2. The summed E-state index contributed by atoms with van der Waals surface area (Å²) in [6.45, 7) is 3.34. The molecule has 0 aliphatic carbocycles. The van der Waals surface area contributed by atoms with E-state index in [-0.39, 0.29) is 6.04 Å². The van der Waals surface area contributed by atoms with Crippen LogP contribution in [0.5, 0.6) is 5.75 Å². The Balaban J connectivity index is 1.41. The molecule has 31 heavy (non-hydrogen) atoms. The molecule has 2 amide bonds. The lowest BCUT2D eigenvalue weighted by atomic mass is 10.1. The zero-order valence-electron chi connectivity index (χ0n) is 17.0. The number of H-pyrrole nitrogens is 1. The van der Waals surface area contributed by atoms with Crippen molar-refractivity contribution in [2.45, 2.75) is 13.0 Å². The molecule has 0 unspecified atom stereocenters. The second-order valence-corrected chi connectivity index (χ2v) is 7.70. The Kier molecular flexibility index (Phi) is 5.60. The highest BCUT2D eigenvalue weighted by atomic mass is 35.5. The van der Waals surface area contributed by atoms with Gasteiger partial charge in [-0.2, -0.15) is 0 Å². The van der Waals surface area contributed by atoms with Gasteiger partial charge in [0.05, 0.1) is 17.6 Å². The molecule has 10 heteroatoms. The summed E-state index contributed by atoms with van der Waals surface area (Å²) in [5, 5.41) is 3.10. The molecule has 162 valence electrons. The largest absolute Gasteiger partial charge is 0.495 e. The number of ether oxygens (including phenoxy) is 1. The summed E-state index contributed by atoms with van der Waals surface area (Å²) in [5.41, 5.74) is 2.12. The number of aromatic nitrogens is 1. The minimum absolute atomic E-state index is 0.0122. The average Bonchev–Trinajstić information content (AvgIpc) is 3.13. The smallest absolute Gasteiger partial charge is 0.417 e. The molecule has 9 nitrogen and oxygen atoms in total. The fraction of sp³-hybridized carbons (Fsp3) is 0.286. The van der Waals surface area contributed by atoms with Gasteiger partial charge >= 0.3 is 17.6 Å². The molecule has 1 aliphatic heterocycles. The maximum atomic E-state index is 12.7. The number of anilines is 2. The first-order valence-corrected chi connectivity index (χ1v) is 10.1. The van der Waals surface area contributed by atoms with E-state index in [1.807, 2.05) is 19.1 Å². The second kappa shape index (κ2) is 8.35. The van der Waals surface area contributed by atoms with Gasteiger partial charge in [-0.05, 0) is 31.2 Å². The molecule has 0 spiro atoms.